The minimum absolute atomic E-state index is 0.220. The van der Waals surface area contributed by atoms with Crippen molar-refractivity contribution in [1.29, 1.82) is 0 Å². The number of amides is 1. The molecular formula is C27H25N9O3. The number of fused-ring (bicyclic) bond motifs is 1. The number of methoxy groups -OCH3 is 1. The highest BCUT2D eigenvalue weighted by molar-refractivity contribution is 6.45. The minimum Gasteiger partial charge on any atom is -0.494 e. The van der Waals surface area contributed by atoms with E-state index in [4.69, 9.17) is 4.74 Å². The third-order valence-electron chi connectivity index (χ3n) is 6.78. The first-order valence-corrected chi connectivity index (χ1v) is 12.4. The molecule has 0 radical (unpaired) electrons. The van der Waals surface area contributed by atoms with Gasteiger partial charge in [0.25, 0.3) is 11.7 Å². The van der Waals surface area contributed by atoms with Gasteiger partial charge in [0.2, 0.25) is 0 Å². The largest absolute Gasteiger partial charge is 0.494 e. The van der Waals surface area contributed by atoms with Crippen molar-refractivity contribution >= 4 is 28.3 Å². The second-order valence-electron chi connectivity index (χ2n) is 9.07. The number of carbonyl (C=O) groups is 2. The van der Waals surface area contributed by atoms with Crippen LogP contribution in [0.1, 0.15) is 16.2 Å². The first kappa shape index (κ1) is 24.2. The molecule has 12 heteroatoms. The van der Waals surface area contributed by atoms with Gasteiger partial charge < -0.3 is 19.5 Å². The number of nitrogens with zero attached hydrogens (tertiary/aromatic N) is 8. The van der Waals surface area contributed by atoms with Gasteiger partial charge in [-0.3, -0.25) is 9.59 Å². The number of carbonyl (C=O) groups excluding carboxylic acids is 2. The maximum absolute atomic E-state index is 13.5. The van der Waals surface area contributed by atoms with Crippen molar-refractivity contribution in [1.82, 2.24) is 39.6 Å². The van der Waals surface area contributed by atoms with Crippen LogP contribution in [0.3, 0.4) is 0 Å². The first-order chi connectivity index (χ1) is 19.0. The molecule has 5 aromatic rings. The highest BCUT2D eigenvalue weighted by Gasteiger charge is 2.31. The lowest BCUT2D eigenvalue weighted by Crippen LogP contribution is -2.50. The number of benzene rings is 1. The Morgan fingerprint density at radius 1 is 1.00 bits per heavy atom. The van der Waals surface area contributed by atoms with Gasteiger partial charge in [-0.2, -0.15) is 5.10 Å². The highest BCUT2D eigenvalue weighted by Crippen LogP contribution is 2.32. The van der Waals surface area contributed by atoms with Crippen molar-refractivity contribution in [2.45, 2.75) is 6.92 Å². The maximum Gasteiger partial charge on any atom is 0.295 e. The van der Waals surface area contributed by atoms with E-state index in [-0.39, 0.29) is 5.56 Å². The molecule has 1 aliphatic heterocycles. The summed E-state index contributed by atoms with van der Waals surface area (Å²) >= 11 is 0. The molecule has 1 aromatic carbocycles. The SMILES string of the molecule is COc1cnc(-n2cnc(C)n2)c2[nH]cc(C(=O)C(=O)N3CCN(c4cncnc4-c4ccccc4)CC3)c12. The number of hydrogen-bond donors (Lipinski definition) is 1. The van der Waals surface area contributed by atoms with Crippen LogP contribution in [0.4, 0.5) is 5.69 Å². The van der Waals surface area contributed by atoms with Crippen LogP contribution in [0.5, 0.6) is 5.75 Å². The number of pyridine rings is 1. The summed E-state index contributed by atoms with van der Waals surface area (Å²) in [5.41, 5.74) is 3.47. The lowest BCUT2D eigenvalue weighted by atomic mass is 10.1. The summed E-state index contributed by atoms with van der Waals surface area (Å²) in [5, 5.41) is 4.79. The van der Waals surface area contributed by atoms with E-state index in [0.717, 1.165) is 16.9 Å². The molecule has 0 aliphatic carbocycles. The number of rotatable bonds is 6. The molecule has 0 bridgehead atoms. The standard InChI is InChI=1S/C27H25N9O3/c1-17-32-16-36(33-17)26-24-22(21(39-2)14-30-26)19(12-29-24)25(37)27(38)35-10-8-34(9-11-35)20-13-28-15-31-23(20)18-6-4-3-5-7-18/h3-7,12-16,29H,8-11H2,1-2H3. The molecule has 1 fully saturated rings. The second kappa shape index (κ2) is 9.97. The molecule has 39 heavy (non-hydrogen) atoms. The fourth-order valence-electron chi connectivity index (χ4n) is 4.84. The van der Waals surface area contributed by atoms with Gasteiger partial charge in [0.05, 0.1) is 47.4 Å². The average molecular weight is 524 g/mol. The van der Waals surface area contributed by atoms with Gasteiger partial charge >= 0.3 is 0 Å². The molecule has 0 spiro atoms. The lowest BCUT2D eigenvalue weighted by molar-refractivity contribution is -0.126. The van der Waals surface area contributed by atoms with Gasteiger partial charge in [0.15, 0.2) is 5.82 Å². The Morgan fingerprint density at radius 3 is 2.51 bits per heavy atom. The molecule has 4 aromatic heterocycles. The number of aromatic nitrogens is 7. The van der Waals surface area contributed by atoms with Gasteiger partial charge in [-0.15, -0.1) is 0 Å². The Hall–Kier alpha value is -5.13. The summed E-state index contributed by atoms with van der Waals surface area (Å²) in [5.74, 6) is 0.222. The van der Waals surface area contributed by atoms with Crippen LogP contribution in [-0.2, 0) is 4.79 Å². The van der Waals surface area contributed by atoms with E-state index in [1.807, 2.05) is 30.3 Å². The van der Waals surface area contributed by atoms with Crippen LogP contribution >= 0.6 is 0 Å². The normalized spacial score (nSPS) is 13.6. The van der Waals surface area contributed by atoms with Crippen LogP contribution in [0.25, 0.3) is 28.0 Å². The zero-order chi connectivity index (χ0) is 26.9. The summed E-state index contributed by atoms with van der Waals surface area (Å²) in [6.45, 7) is 3.63. The van der Waals surface area contributed by atoms with Gasteiger partial charge in [-0.25, -0.2) is 24.6 Å². The number of aromatic amines is 1. The van der Waals surface area contributed by atoms with Crippen LogP contribution in [0, 0.1) is 6.92 Å². The third-order valence-corrected chi connectivity index (χ3v) is 6.78. The van der Waals surface area contributed by atoms with E-state index in [1.165, 1.54) is 36.8 Å². The lowest BCUT2D eigenvalue weighted by Gasteiger charge is -2.36. The predicted molar refractivity (Wildman–Crippen MR) is 143 cm³/mol. The van der Waals surface area contributed by atoms with Crippen molar-refractivity contribution in [2.24, 2.45) is 0 Å². The quantitative estimate of drug-likeness (QED) is 0.263. The number of H-pyrrole nitrogens is 1. The topological polar surface area (TPSA) is 135 Å². The van der Waals surface area contributed by atoms with E-state index >= 15 is 0 Å². The molecule has 0 unspecified atom stereocenters. The Balaban J connectivity index is 1.23. The number of nitrogens with one attached hydrogen (secondary N) is 1. The summed E-state index contributed by atoms with van der Waals surface area (Å²) in [7, 11) is 1.50. The van der Waals surface area contributed by atoms with Crippen molar-refractivity contribution < 1.29 is 14.3 Å². The van der Waals surface area contributed by atoms with E-state index in [1.54, 1.807) is 18.0 Å². The van der Waals surface area contributed by atoms with Crippen molar-refractivity contribution in [3.05, 3.63) is 73.0 Å². The van der Waals surface area contributed by atoms with Crippen LogP contribution in [0.15, 0.2) is 61.6 Å². The summed E-state index contributed by atoms with van der Waals surface area (Å²) in [6.07, 6.45) is 7.89. The molecule has 0 saturated carbocycles. The van der Waals surface area contributed by atoms with E-state index in [9.17, 15) is 9.59 Å². The maximum atomic E-state index is 13.5. The third kappa shape index (κ3) is 4.35. The molecule has 1 N–H and O–H groups in total. The number of ketones is 1. The molecule has 0 atom stereocenters. The molecule has 1 aliphatic rings. The monoisotopic (exact) mass is 523 g/mol. The Labute approximate surface area is 223 Å². The number of anilines is 1. The zero-order valence-electron chi connectivity index (χ0n) is 21.4. The van der Waals surface area contributed by atoms with Gasteiger partial charge in [-0.1, -0.05) is 30.3 Å². The van der Waals surface area contributed by atoms with E-state index in [0.29, 0.717) is 54.5 Å². The summed E-state index contributed by atoms with van der Waals surface area (Å²) in [6, 6.07) is 9.90. The van der Waals surface area contributed by atoms with Crippen LogP contribution in [-0.4, -0.2) is 84.6 Å². The second-order valence-corrected chi connectivity index (χ2v) is 9.07. The Bertz CT molecular complexity index is 1670. The van der Waals surface area contributed by atoms with Gasteiger partial charge in [0, 0.05) is 37.9 Å². The molecule has 1 amide bonds. The average Bonchev–Trinajstić information content (AvgIpc) is 3.63. The molecular weight excluding hydrogens is 498 g/mol. The van der Waals surface area contributed by atoms with Crippen LogP contribution in [0.2, 0.25) is 0 Å². The molecule has 196 valence electrons. The number of hydrogen-bond acceptors (Lipinski definition) is 9. The van der Waals surface area contributed by atoms with Crippen molar-refractivity contribution in [3.63, 3.8) is 0 Å². The fraction of sp³-hybridized carbons (Fsp3) is 0.222. The van der Waals surface area contributed by atoms with E-state index in [2.05, 4.69) is 34.9 Å². The fourth-order valence-corrected chi connectivity index (χ4v) is 4.84. The number of Topliss-reactive ketones (excluding diaryl/α,β-unsaturated/α-hetero) is 1. The van der Waals surface area contributed by atoms with Crippen molar-refractivity contribution in [2.75, 3.05) is 38.2 Å². The molecule has 12 nitrogen and oxygen atoms in total. The van der Waals surface area contributed by atoms with Crippen molar-refractivity contribution in [3.8, 4) is 22.8 Å². The number of ether oxygens (including phenoxy) is 1. The summed E-state index contributed by atoms with van der Waals surface area (Å²) in [4.78, 5) is 50.9. The zero-order valence-corrected chi connectivity index (χ0v) is 21.4. The Kier molecular flexibility index (Phi) is 6.19. The van der Waals surface area contributed by atoms with E-state index < -0.39 is 11.7 Å². The number of aryl methyl sites for hydroxylation is 1. The first-order valence-electron chi connectivity index (χ1n) is 12.4. The minimum atomic E-state index is -0.618. The predicted octanol–water partition coefficient (Wildman–Crippen LogP) is 2.45. The van der Waals surface area contributed by atoms with Gasteiger partial charge in [0.1, 0.15) is 24.2 Å². The number of piperazine rings is 1. The molecule has 1 saturated heterocycles. The summed E-state index contributed by atoms with van der Waals surface area (Å²) < 4.78 is 7.00. The van der Waals surface area contributed by atoms with Gasteiger partial charge in [-0.05, 0) is 6.92 Å². The highest BCUT2D eigenvalue weighted by atomic mass is 16.5. The molecule has 5 heterocycles. The smallest absolute Gasteiger partial charge is 0.295 e. The Morgan fingerprint density at radius 2 is 1.79 bits per heavy atom. The van der Waals surface area contributed by atoms with Crippen LogP contribution < -0.4 is 9.64 Å². The molecule has 6 rings (SSSR count).